The van der Waals surface area contributed by atoms with Gasteiger partial charge in [0.1, 0.15) is 11.6 Å². The number of nitrogen functional groups attached to an aromatic ring is 1. The quantitative estimate of drug-likeness (QED) is 0.874. The number of fused-ring (bicyclic) bond motifs is 1. The Morgan fingerprint density at radius 1 is 1.41 bits per heavy atom. The molecule has 2 heterocycles. The van der Waals surface area contributed by atoms with Gasteiger partial charge in [0, 0.05) is 18.9 Å². The minimum Gasteiger partial charge on any atom is -0.384 e. The highest BCUT2D eigenvalue weighted by Gasteiger charge is 2.24. The van der Waals surface area contributed by atoms with Gasteiger partial charge >= 0.3 is 0 Å². The first-order valence-electron chi connectivity index (χ1n) is 6.83. The third-order valence-electron chi connectivity index (χ3n) is 3.76. The third-order valence-corrected chi connectivity index (χ3v) is 3.76. The molecule has 0 aromatic carbocycles. The van der Waals surface area contributed by atoms with Crippen LogP contribution in [0.2, 0.25) is 0 Å². The lowest BCUT2D eigenvalue weighted by Gasteiger charge is -2.21. The molecule has 1 aliphatic heterocycles. The van der Waals surface area contributed by atoms with Crippen molar-refractivity contribution in [3.05, 3.63) is 11.5 Å². The molecule has 2 rings (SSSR count). The Kier molecular flexibility index (Phi) is 3.45. The molecule has 96 valence electrons. The van der Waals surface area contributed by atoms with Gasteiger partial charge in [-0.3, -0.25) is 0 Å². The van der Waals surface area contributed by atoms with Crippen LogP contribution in [0, 0.1) is 11.8 Å². The van der Waals surface area contributed by atoms with Crippen LogP contribution in [-0.4, -0.2) is 9.55 Å². The molecule has 2 atom stereocenters. The predicted molar refractivity (Wildman–Crippen MR) is 72.0 cm³/mol. The van der Waals surface area contributed by atoms with Crippen molar-refractivity contribution in [2.45, 2.75) is 59.4 Å². The Morgan fingerprint density at radius 3 is 2.76 bits per heavy atom. The molecule has 0 saturated heterocycles. The average Bonchev–Trinajstić information content (AvgIpc) is 2.55. The van der Waals surface area contributed by atoms with Crippen molar-refractivity contribution in [3.8, 4) is 0 Å². The summed E-state index contributed by atoms with van der Waals surface area (Å²) in [6.07, 6.45) is 3.49. The van der Waals surface area contributed by atoms with E-state index in [4.69, 9.17) is 10.7 Å². The van der Waals surface area contributed by atoms with E-state index >= 15 is 0 Å². The molecule has 3 heteroatoms. The van der Waals surface area contributed by atoms with E-state index in [2.05, 4.69) is 32.3 Å². The molecule has 3 nitrogen and oxygen atoms in total. The van der Waals surface area contributed by atoms with Gasteiger partial charge in [-0.25, -0.2) is 4.98 Å². The fourth-order valence-electron chi connectivity index (χ4n) is 2.89. The summed E-state index contributed by atoms with van der Waals surface area (Å²) < 4.78 is 2.24. The first kappa shape index (κ1) is 12.5. The van der Waals surface area contributed by atoms with Gasteiger partial charge in [-0.2, -0.15) is 0 Å². The zero-order valence-corrected chi connectivity index (χ0v) is 11.5. The molecule has 0 bridgehead atoms. The normalized spacial score (nSPS) is 21.6. The standard InChI is InChI=1S/C14H25N3/c1-9(2)7-11(4)13-14(15)17-8-10(3)5-6-12(17)16-13/h9-11H,5-8,15H2,1-4H3. The topological polar surface area (TPSA) is 43.8 Å². The smallest absolute Gasteiger partial charge is 0.127 e. The lowest BCUT2D eigenvalue weighted by molar-refractivity contribution is 0.397. The number of hydrogen-bond donors (Lipinski definition) is 1. The SMILES string of the molecule is CC(C)CC(C)c1nc2n(c1N)CC(C)CC2. The number of imidazole rings is 1. The van der Waals surface area contributed by atoms with E-state index in [0.717, 1.165) is 36.8 Å². The van der Waals surface area contributed by atoms with Crippen LogP contribution in [0.1, 0.15) is 58.0 Å². The predicted octanol–water partition coefficient (Wildman–Crippen LogP) is 3.20. The lowest BCUT2D eigenvalue weighted by atomic mass is 9.96. The Bertz CT molecular complexity index is 392. The summed E-state index contributed by atoms with van der Waals surface area (Å²) in [5, 5.41) is 0. The molecule has 17 heavy (non-hydrogen) atoms. The Hall–Kier alpha value is -0.990. The van der Waals surface area contributed by atoms with Crippen molar-refractivity contribution >= 4 is 5.82 Å². The average molecular weight is 235 g/mol. The third kappa shape index (κ3) is 2.48. The second kappa shape index (κ2) is 4.71. The van der Waals surface area contributed by atoms with Crippen molar-refractivity contribution in [1.29, 1.82) is 0 Å². The molecule has 0 radical (unpaired) electrons. The highest BCUT2D eigenvalue weighted by Crippen LogP contribution is 2.31. The van der Waals surface area contributed by atoms with Gasteiger partial charge in [-0.15, -0.1) is 0 Å². The van der Waals surface area contributed by atoms with Crippen LogP contribution in [0.25, 0.3) is 0 Å². The van der Waals surface area contributed by atoms with Gasteiger partial charge in [0.25, 0.3) is 0 Å². The van der Waals surface area contributed by atoms with Crippen molar-refractivity contribution in [2.24, 2.45) is 11.8 Å². The zero-order valence-electron chi connectivity index (χ0n) is 11.5. The minimum atomic E-state index is 0.475. The summed E-state index contributed by atoms with van der Waals surface area (Å²) in [6.45, 7) is 10.1. The van der Waals surface area contributed by atoms with Gasteiger partial charge < -0.3 is 10.3 Å². The van der Waals surface area contributed by atoms with Gasteiger partial charge in [-0.05, 0) is 24.7 Å². The number of anilines is 1. The van der Waals surface area contributed by atoms with E-state index in [1.54, 1.807) is 0 Å². The summed E-state index contributed by atoms with van der Waals surface area (Å²) >= 11 is 0. The Morgan fingerprint density at radius 2 is 2.12 bits per heavy atom. The van der Waals surface area contributed by atoms with Crippen molar-refractivity contribution in [3.63, 3.8) is 0 Å². The molecule has 0 amide bonds. The van der Waals surface area contributed by atoms with E-state index in [-0.39, 0.29) is 0 Å². The van der Waals surface area contributed by atoms with Crippen LogP contribution < -0.4 is 5.73 Å². The van der Waals surface area contributed by atoms with E-state index < -0.39 is 0 Å². The fraction of sp³-hybridized carbons (Fsp3) is 0.786. The number of aromatic nitrogens is 2. The lowest BCUT2D eigenvalue weighted by Crippen LogP contribution is -2.19. The van der Waals surface area contributed by atoms with Crippen LogP contribution in [0.5, 0.6) is 0 Å². The maximum Gasteiger partial charge on any atom is 0.127 e. The molecule has 0 saturated carbocycles. The number of aryl methyl sites for hydroxylation is 1. The largest absolute Gasteiger partial charge is 0.384 e. The van der Waals surface area contributed by atoms with E-state index in [1.807, 2.05) is 0 Å². The van der Waals surface area contributed by atoms with E-state index in [0.29, 0.717) is 11.8 Å². The molecule has 1 aliphatic rings. The van der Waals surface area contributed by atoms with Crippen LogP contribution in [0.3, 0.4) is 0 Å². The molecule has 0 fully saturated rings. The van der Waals surface area contributed by atoms with Crippen LogP contribution >= 0.6 is 0 Å². The summed E-state index contributed by atoms with van der Waals surface area (Å²) in [7, 11) is 0. The van der Waals surface area contributed by atoms with Crippen molar-refractivity contribution < 1.29 is 0 Å². The van der Waals surface area contributed by atoms with Crippen molar-refractivity contribution in [1.82, 2.24) is 9.55 Å². The summed E-state index contributed by atoms with van der Waals surface area (Å²) in [5.41, 5.74) is 7.39. The van der Waals surface area contributed by atoms with Gasteiger partial charge in [0.2, 0.25) is 0 Å². The number of nitrogens with two attached hydrogens (primary N) is 1. The molecule has 0 aliphatic carbocycles. The van der Waals surface area contributed by atoms with Gasteiger partial charge in [-0.1, -0.05) is 27.7 Å². The number of hydrogen-bond acceptors (Lipinski definition) is 2. The van der Waals surface area contributed by atoms with Crippen molar-refractivity contribution in [2.75, 3.05) is 5.73 Å². The van der Waals surface area contributed by atoms with Gasteiger partial charge in [0.15, 0.2) is 0 Å². The number of nitrogens with zero attached hydrogens (tertiary/aromatic N) is 2. The fourth-order valence-corrected chi connectivity index (χ4v) is 2.89. The number of rotatable bonds is 3. The summed E-state index contributed by atoms with van der Waals surface area (Å²) in [5.74, 6) is 4.02. The maximum atomic E-state index is 6.26. The highest BCUT2D eigenvalue weighted by atomic mass is 15.2. The van der Waals surface area contributed by atoms with Crippen LogP contribution in [0.15, 0.2) is 0 Å². The monoisotopic (exact) mass is 235 g/mol. The van der Waals surface area contributed by atoms with Gasteiger partial charge in [0.05, 0.1) is 5.69 Å². The van der Waals surface area contributed by atoms with Crippen LogP contribution in [0.4, 0.5) is 5.82 Å². The molecule has 2 N–H and O–H groups in total. The molecular formula is C14H25N3. The zero-order chi connectivity index (χ0) is 12.6. The Balaban J connectivity index is 2.25. The second-order valence-corrected chi connectivity index (χ2v) is 6.08. The first-order valence-corrected chi connectivity index (χ1v) is 6.83. The minimum absolute atomic E-state index is 0.475. The molecular weight excluding hydrogens is 210 g/mol. The first-order chi connectivity index (χ1) is 7.99. The Labute approximate surface area is 104 Å². The van der Waals surface area contributed by atoms with Crippen LogP contribution in [-0.2, 0) is 13.0 Å². The molecule has 1 aromatic rings. The molecule has 2 unspecified atom stereocenters. The highest BCUT2D eigenvalue weighted by molar-refractivity contribution is 5.41. The van der Waals surface area contributed by atoms with E-state index in [1.165, 1.54) is 12.2 Å². The van der Waals surface area contributed by atoms with E-state index in [9.17, 15) is 0 Å². The second-order valence-electron chi connectivity index (χ2n) is 6.08. The maximum absolute atomic E-state index is 6.26. The summed E-state index contributed by atoms with van der Waals surface area (Å²) in [4.78, 5) is 4.78. The molecule has 0 spiro atoms. The molecule has 1 aromatic heterocycles. The summed E-state index contributed by atoms with van der Waals surface area (Å²) in [6, 6.07) is 0.